The van der Waals surface area contributed by atoms with Crippen LogP contribution in [0.4, 0.5) is 13.2 Å². The summed E-state index contributed by atoms with van der Waals surface area (Å²) in [6.45, 7) is 1.83. The summed E-state index contributed by atoms with van der Waals surface area (Å²) in [4.78, 5) is 16.1. The number of rotatable bonds is 7. The van der Waals surface area contributed by atoms with Gasteiger partial charge in [-0.2, -0.15) is 13.2 Å². The molecule has 0 radical (unpaired) electrons. The largest absolute Gasteiger partial charge is 0.427 e. The van der Waals surface area contributed by atoms with Crippen LogP contribution in [0, 0.1) is 0 Å². The summed E-state index contributed by atoms with van der Waals surface area (Å²) >= 11 is 12.5. The normalized spacial score (nSPS) is 11.7. The number of halogens is 5. The Labute approximate surface area is 250 Å². The van der Waals surface area contributed by atoms with Crippen molar-refractivity contribution in [2.24, 2.45) is 0 Å². The molecular weight excluding hydrogens is 584 g/mol. The predicted molar refractivity (Wildman–Crippen MR) is 160 cm³/mol. The maximum Gasteiger partial charge on any atom is 0.416 e. The third kappa shape index (κ3) is 7.11. The molecule has 5 aromatic rings. The van der Waals surface area contributed by atoms with Gasteiger partial charge in [-0.15, -0.1) is 0 Å². The molecular formula is C33H23Cl2F3N2O2. The Morgan fingerprint density at radius 3 is 2.31 bits per heavy atom. The number of hydrogen-bond acceptors (Lipinski definition) is 3. The van der Waals surface area contributed by atoms with Crippen molar-refractivity contribution in [3.63, 3.8) is 0 Å². The van der Waals surface area contributed by atoms with Crippen molar-refractivity contribution in [3.8, 4) is 28.1 Å². The van der Waals surface area contributed by atoms with Crippen LogP contribution in [0.2, 0.25) is 10.0 Å². The lowest BCUT2D eigenvalue weighted by Crippen LogP contribution is -2.04. The first kappa shape index (κ1) is 29.2. The highest BCUT2D eigenvalue weighted by Crippen LogP contribution is 2.33. The fourth-order valence-electron chi connectivity index (χ4n) is 4.37. The first-order valence-corrected chi connectivity index (χ1v) is 13.6. The average molecular weight is 607 g/mol. The van der Waals surface area contributed by atoms with Crippen molar-refractivity contribution in [3.05, 3.63) is 130 Å². The fraction of sp³-hybridized carbons (Fsp3) is 0.0909. The van der Waals surface area contributed by atoms with Crippen LogP contribution in [0.25, 0.3) is 34.5 Å². The Morgan fingerprint density at radius 2 is 1.64 bits per heavy atom. The predicted octanol–water partition coefficient (Wildman–Crippen LogP) is 9.69. The molecule has 0 unspecified atom stereocenters. The van der Waals surface area contributed by atoms with Gasteiger partial charge in [-0.05, 0) is 70.8 Å². The van der Waals surface area contributed by atoms with E-state index < -0.39 is 17.7 Å². The minimum Gasteiger partial charge on any atom is -0.427 e. The van der Waals surface area contributed by atoms with E-state index in [0.717, 1.165) is 28.8 Å². The Balaban J connectivity index is 1.43. The number of nitrogens with zero attached hydrogens (tertiary/aromatic N) is 2. The van der Waals surface area contributed by atoms with Crippen LogP contribution in [0.1, 0.15) is 29.4 Å². The highest BCUT2D eigenvalue weighted by Gasteiger charge is 2.30. The Morgan fingerprint density at radius 1 is 0.905 bits per heavy atom. The molecule has 9 heteroatoms. The summed E-state index contributed by atoms with van der Waals surface area (Å²) in [6, 6.07) is 24.9. The first-order valence-electron chi connectivity index (χ1n) is 12.8. The van der Waals surface area contributed by atoms with Gasteiger partial charge in [0.1, 0.15) is 11.6 Å². The second kappa shape index (κ2) is 12.3. The van der Waals surface area contributed by atoms with E-state index in [1.165, 1.54) is 13.0 Å². The Kier molecular flexibility index (Phi) is 8.52. The van der Waals surface area contributed by atoms with Gasteiger partial charge in [-0.1, -0.05) is 77.8 Å². The molecule has 1 heterocycles. The Hall–Kier alpha value is -4.33. The van der Waals surface area contributed by atoms with E-state index in [1.54, 1.807) is 42.5 Å². The van der Waals surface area contributed by atoms with E-state index in [4.69, 9.17) is 32.9 Å². The van der Waals surface area contributed by atoms with E-state index >= 15 is 0 Å². The highest BCUT2D eigenvalue weighted by atomic mass is 35.5. The van der Waals surface area contributed by atoms with Gasteiger partial charge in [0, 0.05) is 30.3 Å². The van der Waals surface area contributed by atoms with Crippen LogP contribution in [0.15, 0.2) is 97.2 Å². The minimum atomic E-state index is -4.40. The SMILES string of the molecule is CC(=O)Oc1ccc(Cn2cc(-c3ccc(Cl)cc3Cl)nc2C=Cc2ccc(-c3cccc(C(F)(F)F)c3)cc2)cc1. The van der Waals surface area contributed by atoms with Gasteiger partial charge in [0.25, 0.3) is 0 Å². The summed E-state index contributed by atoms with van der Waals surface area (Å²) in [5.41, 5.74) is 3.66. The van der Waals surface area contributed by atoms with Crippen LogP contribution in [0.3, 0.4) is 0 Å². The molecule has 0 bridgehead atoms. The van der Waals surface area contributed by atoms with Crippen LogP contribution < -0.4 is 4.74 Å². The third-order valence-corrected chi connectivity index (χ3v) is 6.96. The van der Waals surface area contributed by atoms with Crippen molar-refractivity contribution in [1.82, 2.24) is 9.55 Å². The van der Waals surface area contributed by atoms with Gasteiger partial charge < -0.3 is 9.30 Å². The van der Waals surface area contributed by atoms with Crippen LogP contribution in [-0.2, 0) is 17.5 Å². The second-order valence-electron chi connectivity index (χ2n) is 9.51. The molecule has 0 saturated heterocycles. The summed E-state index contributed by atoms with van der Waals surface area (Å²) in [7, 11) is 0. The molecule has 0 amide bonds. The van der Waals surface area contributed by atoms with Crippen molar-refractivity contribution in [2.75, 3.05) is 0 Å². The summed E-state index contributed by atoms with van der Waals surface area (Å²) < 4.78 is 46.5. The summed E-state index contributed by atoms with van der Waals surface area (Å²) in [5, 5.41) is 0.989. The van der Waals surface area contributed by atoms with Crippen LogP contribution in [0.5, 0.6) is 5.75 Å². The standard InChI is InChI=1S/C33H23Cl2F3N2O2/c1-21(41)42-28-13-7-23(8-14-28)19-40-20-31(29-15-12-27(34)18-30(29)35)39-32(40)16-9-22-5-10-24(11-6-22)25-3-2-4-26(17-25)33(36,37)38/h2-18,20H,19H2,1H3. The number of imidazole rings is 1. The van der Waals surface area contributed by atoms with Gasteiger partial charge in [0.15, 0.2) is 0 Å². The number of hydrogen-bond donors (Lipinski definition) is 0. The molecule has 0 aliphatic heterocycles. The maximum atomic E-state index is 13.1. The number of esters is 1. The second-order valence-corrected chi connectivity index (χ2v) is 10.4. The fourth-order valence-corrected chi connectivity index (χ4v) is 4.88. The zero-order valence-corrected chi connectivity index (χ0v) is 23.7. The average Bonchev–Trinajstić information content (AvgIpc) is 3.34. The molecule has 1 aromatic heterocycles. The summed E-state index contributed by atoms with van der Waals surface area (Å²) in [6.07, 6.45) is 1.23. The third-order valence-electron chi connectivity index (χ3n) is 6.41. The number of carbonyl (C=O) groups excluding carboxylic acids is 1. The van der Waals surface area contributed by atoms with Crippen molar-refractivity contribution < 1.29 is 22.7 Å². The molecule has 212 valence electrons. The van der Waals surface area contributed by atoms with Crippen molar-refractivity contribution >= 4 is 41.3 Å². The number of carbonyl (C=O) groups is 1. The van der Waals surface area contributed by atoms with Gasteiger partial charge in [-0.3, -0.25) is 4.79 Å². The van der Waals surface area contributed by atoms with E-state index in [1.807, 2.05) is 53.2 Å². The number of alkyl halides is 3. The zero-order chi connectivity index (χ0) is 29.9. The molecule has 5 rings (SSSR count). The minimum absolute atomic E-state index is 0.392. The lowest BCUT2D eigenvalue weighted by molar-refractivity contribution is -0.137. The van der Waals surface area contributed by atoms with Gasteiger partial charge >= 0.3 is 12.1 Å². The zero-order valence-electron chi connectivity index (χ0n) is 22.2. The highest BCUT2D eigenvalue weighted by molar-refractivity contribution is 6.36. The molecule has 0 N–H and O–H groups in total. The first-order chi connectivity index (χ1) is 20.0. The number of aromatic nitrogens is 2. The molecule has 0 spiro atoms. The lowest BCUT2D eigenvalue weighted by Gasteiger charge is -2.09. The van der Waals surface area contributed by atoms with Crippen molar-refractivity contribution in [2.45, 2.75) is 19.6 Å². The van der Waals surface area contributed by atoms with Crippen molar-refractivity contribution in [1.29, 1.82) is 0 Å². The molecule has 4 aromatic carbocycles. The molecule has 0 saturated carbocycles. The number of benzene rings is 4. The molecule has 0 aliphatic rings. The monoisotopic (exact) mass is 606 g/mol. The van der Waals surface area contributed by atoms with E-state index in [-0.39, 0.29) is 0 Å². The number of ether oxygens (including phenoxy) is 1. The molecule has 4 nitrogen and oxygen atoms in total. The van der Waals surface area contributed by atoms with Gasteiger partial charge in [0.2, 0.25) is 0 Å². The van der Waals surface area contributed by atoms with E-state index in [9.17, 15) is 18.0 Å². The molecule has 0 aliphatic carbocycles. The Bertz CT molecular complexity index is 1760. The van der Waals surface area contributed by atoms with Crippen LogP contribution in [-0.4, -0.2) is 15.5 Å². The quantitative estimate of drug-likeness (QED) is 0.137. The van der Waals surface area contributed by atoms with E-state index in [2.05, 4.69) is 0 Å². The lowest BCUT2D eigenvalue weighted by atomic mass is 10.0. The molecule has 42 heavy (non-hydrogen) atoms. The summed E-state index contributed by atoms with van der Waals surface area (Å²) in [5.74, 6) is 0.721. The molecule has 0 atom stereocenters. The smallest absolute Gasteiger partial charge is 0.416 e. The van der Waals surface area contributed by atoms with Crippen LogP contribution >= 0.6 is 23.2 Å². The topological polar surface area (TPSA) is 44.1 Å². The van der Waals surface area contributed by atoms with Gasteiger partial charge in [0.05, 0.1) is 16.3 Å². The maximum absolute atomic E-state index is 13.1. The molecule has 0 fully saturated rings. The van der Waals surface area contributed by atoms with Gasteiger partial charge in [-0.25, -0.2) is 4.98 Å². The van der Waals surface area contributed by atoms with E-state index in [0.29, 0.717) is 45.0 Å².